The Bertz CT molecular complexity index is 563. The van der Waals surface area contributed by atoms with Gasteiger partial charge in [-0.25, -0.2) is 0 Å². The Morgan fingerprint density at radius 2 is 2.06 bits per heavy atom. The molecule has 1 aromatic rings. The van der Waals surface area contributed by atoms with E-state index in [1.165, 1.54) is 16.7 Å². The maximum absolute atomic E-state index is 12.2. The molecule has 2 amide bonds. The molecule has 3 nitrogen and oxygen atoms in total. The molecule has 4 rings (SSSR count). The lowest BCUT2D eigenvalue weighted by atomic mass is 9.68. The summed E-state index contributed by atoms with van der Waals surface area (Å²) in [6, 6.07) is 6.24. The molecule has 2 unspecified atom stereocenters. The zero-order valence-corrected chi connectivity index (χ0v) is 9.45. The molecule has 17 heavy (non-hydrogen) atoms. The SMILES string of the molecule is O=C1NC(=O)C23CCCc4cccc(c42)CC13. The highest BCUT2D eigenvalue weighted by molar-refractivity contribution is 6.12. The van der Waals surface area contributed by atoms with Crippen LogP contribution in [0.5, 0.6) is 0 Å². The molecular weight excluding hydrogens is 214 g/mol. The number of hydrogen-bond acceptors (Lipinski definition) is 2. The number of amides is 2. The van der Waals surface area contributed by atoms with Crippen molar-refractivity contribution < 1.29 is 9.59 Å². The van der Waals surface area contributed by atoms with Gasteiger partial charge in [-0.1, -0.05) is 18.2 Å². The van der Waals surface area contributed by atoms with Crippen molar-refractivity contribution in [2.24, 2.45) is 5.92 Å². The van der Waals surface area contributed by atoms with Gasteiger partial charge in [-0.3, -0.25) is 14.9 Å². The van der Waals surface area contributed by atoms with Crippen molar-refractivity contribution in [3.63, 3.8) is 0 Å². The molecule has 1 spiro atoms. The minimum atomic E-state index is -0.513. The number of carbonyl (C=O) groups is 2. The Morgan fingerprint density at radius 3 is 2.94 bits per heavy atom. The second kappa shape index (κ2) is 2.78. The lowest BCUT2D eigenvalue weighted by molar-refractivity contribution is -0.126. The molecular formula is C14H13NO2. The average Bonchev–Trinajstić information content (AvgIpc) is 2.77. The van der Waals surface area contributed by atoms with Gasteiger partial charge >= 0.3 is 0 Å². The highest BCUT2D eigenvalue weighted by Gasteiger charge is 2.61. The van der Waals surface area contributed by atoms with Gasteiger partial charge in [-0.15, -0.1) is 0 Å². The smallest absolute Gasteiger partial charge is 0.238 e. The third kappa shape index (κ3) is 0.900. The number of nitrogens with one attached hydrogen (secondary N) is 1. The number of hydrogen-bond donors (Lipinski definition) is 1. The molecule has 1 aliphatic heterocycles. The fourth-order valence-electron chi connectivity index (χ4n) is 4.04. The van der Waals surface area contributed by atoms with Crippen LogP contribution >= 0.6 is 0 Å². The van der Waals surface area contributed by atoms with Gasteiger partial charge in [0, 0.05) is 0 Å². The van der Waals surface area contributed by atoms with Crippen molar-refractivity contribution in [2.75, 3.05) is 0 Å². The normalized spacial score (nSPS) is 33.3. The molecule has 0 bridgehead atoms. The standard InChI is InChI=1S/C14H13NO2/c16-12-10-7-9-4-1-3-8-5-2-6-14(10,11(8)9)13(17)15-12/h1,3-4,10H,2,5-7H2,(H,15,16,17). The van der Waals surface area contributed by atoms with E-state index in [0.717, 1.165) is 25.7 Å². The summed E-state index contributed by atoms with van der Waals surface area (Å²) in [6.45, 7) is 0. The van der Waals surface area contributed by atoms with Gasteiger partial charge in [-0.05, 0) is 42.4 Å². The lowest BCUT2D eigenvalue weighted by Crippen LogP contribution is -2.40. The Hall–Kier alpha value is -1.64. The van der Waals surface area contributed by atoms with Crippen molar-refractivity contribution >= 4 is 11.8 Å². The zero-order valence-electron chi connectivity index (χ0n) is 9.45. The minimum Gasteiger partial charge on any atom is -0.295 e. The molecule has 2 aliphatic carbocycles. The zero-order chi connectivity index (χ0) is 11.6. The molecule has 0 saturated carbocycles. The van der Waals surface area contributed by atoms with E-state index in [1.54, 1.807) is 0 Å². The third-order valence-corrected chi connectivity index (χ3v) is 4.68. The Labute approximate surface area is 99.2 Å². The summed E-state index contributed by atoms with van der Waals surface area (Å²) >= 11 is 0. The molecule has 1 N–H and O–H groups in total. The van der Waals surface area contributed by atoms with E-state index in [9.17, 15) is 9.59 Å². The first-order chi connectivity index (χ1) is 8.23. The summed E-state index contributed by atoms with van der Waals surface area (Å²) in [7, 11) is 0. The van der Waals surface area contributed by atoms with Gasteiger partial charge in [0.25, 0.3) is 0 Å². The van der Waals surface area contributed by atoms with Gasteiger partial charge in [0.2, 0.25) is 11.8 Å². The van der Waals surface area contributed by atoms with E-state index in [4.69, 9.17) is 0 Å². The molecule has 0 aromatic heterocycles. The summed E-state index contributed by atoms with van der Waals surface area (Å²) in [5.74, 6) is -0.274. The van der Waals surface area contributed by atoms with E-state index >= 15 is 0 Å². The van der Waals surface area contributed by atoms with Gasteiger partial charge in [0.1, 0.15) is 0 Å². The van der Waals surface area contributed by atoms with Crippen LogP contribution < -0.4 is 5.32 Å². The Kier molecular flexibility index (Phi) is 1.54. The number of imide groups is 1. The molecule has 0 radical (unpaired) electrons. The molecule has 86 valence electrons. The van der Waals surface area contributed by atoms with Gasteiger partial charge in [0.15, 0.2) is 0 Å². The number of rotatable bonds is 0. The Morgan fingerprint density at radius 1 is 1.24 bits per heavy atom. The van der Waals surface area contributed by atoms with Gasteiger partial charge in [0.05, 0.1) is 11.3 Å². The predicted octanol–water partition coefficient (Wildman–Crippen LogP) is 1.09. The first-order valence-corrected chi connectivity index (χ1v) is 6.20. The molecule has 2 atom stereocenters. The van der Waals surface area contributed by atoms with Crippen LogP contribution in [0.2, 0.25) is 0 Å². The minimum absolute atomic E-state index is 0.0570. The van der Waals surface area contributed by atoms with Crippen molar-refractivity contribution in [3.05, 3.63) is 34.9 Å². The van der Waals surface area contributed by atoms with E-state index in [2.05, 4.69) is 23.5 Å². The summed E-state index contributed by atoms with van der Waals surface area (Å²) < 4.78 is 0. The summed E-state index contributed by atoms with van der Waals surface area (Å²) in [6.07, 6.45) is 3.62. The molecule has 1 aromatic carbocycles. The second-order valence-corrected chi connectivity index (χ2v) is 5.35. The van der Waals surface area contributed by atoms with E-state index in [0.29, 0.717) is 0 Å². The predicted molar refractivity (Wildman–Crippen MR) is 61.4 cm³/mol. The molecule has 3 heteroatoms. The van der Waals surface area contributed by atoms with Crippen LogP contribution in [0, 0.1) is 5.92 Å². The van der Waals surface area contributed by atoms with Crippen LogP contribution in [0.4, 0.5) is 0 Å². The van der Waals surface area contributed by atoms with Crippen LogP contribution in [0.1, 0.15) is 29.5 Å². The lowest BCUT2D eigenvalue weighted by Gasteiger charge is -2.32. The van der Waals surface area contributed by atoms with Crippen LogP contribution in [0.15, 0.2) is 18.2 Å². The van der Waals surface area contributed by atoms with Crippen LogP contribution in [-0.4, -0.2) is 11.8 Å². The average molecular weight is 227 g/mol. The van der Waals surface area contributed by atoms with Crippen molar-refractivity contribution in [2.45, 2.75) is 31.1 Å². The quantitative estimate of drug-likeness (QED) is 0.674. The fraction of sp³-hybridized carbons (Fsp3) is 0.429. The fourth-order valence-corrected chi connectivity index (χ4v) is 4.04. The number of benzene rings is 1. The van der Waals surface area contributed by atoms with Gasteiger partial charge in [-0.2, -0.15) is 0 Å². The first kappa shape index (κ1) is 9.40. The summed E-state index contributed by atoms with van der Waals surface area (Å²) in [4.78, 5) is 24.1. The Balaban J connectivity index is 2.06. The van der Waals surface area contributed by atoms with Crippen LogP contribution in [0.25, 0.3) is 0 Å². The van der Waals surface area contributed by atoms with Crippen molar-refractivity contribution in [1.82, 2.24) is 5.32 Å². The van der Waals surface area contributed by atoms with E-state index < -0.39 is 5.41 Å². The first-order valence-electron chi connectivity index (χ1n) is 6.20. The monoisotopic (exact) mass is 227 g/mol. The second-order valence-electron chi connectivity index (χ2n) is 5.35. The van der Waals surface area contributed by atoms with E-state index in [1.807, 2.05) is 0 Å². The van der Waals surface area contributed by atoms with Crippen molar-refractivity contribution in [3.8, 4) is 0 Å². The number of carbonyl (C=O) groups excluding carboxylic acids is 2. The number of aryl methyl sites for hydroxylation is 1. The molecule has 1 heterocycles. The third-order valence-electron chi connectivity index (χ3n) is 4.68. The highest BCUT2D eigenvalue weighted by atomic mass is 16.2. The maximum Gasteiger partial charge on any atom is 0.238 e. The molecule has 1 saturated heterocycles. The summed E-state index contributed by atoms with van der Waals surface area (Å²) in [5.41, 5.74) is 3.16. The van der Waals surface area contributed by atoms with Gasteiger partial charge < -0.3 is 0 Å². The largest absolute Gasteiger partial charge is 0.295 e. The topological polar surface area (TPSA) is 46.2 Å². The maximum atomic E-state index is 12.2. The molecule has 1 fully saturated rings. The molecule has 3 aliphatic rings. The van der Waals surface area contributed by atoms with Crippen molar-refractivity contribution in [1.29, 1.82) is 0 Å². The highest BCUT2D eigenvalue weighted by Crippen LogP contribution is 2.53. The van der Waals surface area contributed by atoms with E-state index in [-0.39, 0.29) is 17.7 Å². The van der Waals surface area contributed by atoms with Crippen LogP contribution in [-0.2, 0) is 27.8 Å². The van der Waals surface area contributed by atoms with Crippen LogP contribution in [0.3, 0.4) is 0 Å². The summed E-state index contributed by atoms with van der Waals surface area (Å²) in [5, 5.41) is 2.53.